The molecular weight excluding hydrogens is 242 g/mol. The van der Waals surface area contributed by atoms with Gasteiger partial charge >= 0.3 is 0 Å². The highest BCUT2D eigenvalue weighted by Crippen LogP contribution is 2.84. The quantitative estimate of drug-likeness (QED) is 0.606. The van der Waals surface area contributed by atoms with E-state index in [4.69, 9.17) is 0 Å². The number of benzene rings is 1. The molecule has 1 spiro atoms. The first-order chi connectivity index (χ1) is 9.19. The normalized spacial score (nSPS) is 44.1. The molecule has 5 unspecified atom stereocenters. The second-order valence-electron chi connectivity index (χ2n) is 5.89. The minimum atomic E-state index is -0.446. The van der Waals surface area contributed by atoms with Gasteiger partial charge in [0.1, 0.15) is 5.75 Å². The van der Waals surface area contributed by atoms with Crippen LogP contribution in [0.25, 0.3) is 0 Å². The Morgan fingerprint density at radius 1 is 1.16 bits per heavy atom. The number of aromatic hydroxyl groups is 1. The Balaban J connectivity index is 1.66. The maximum Gasteiger partial charge on any atom is 0.241 e. The lowest BCUT2D eigenvalue weighted by molar-refractivity contribution is -0.128. The number of allylic oxidation sites excluding steroid dienone is 2. The first-order valence-electron chi connectivity index (χ1n) is 6.53. The standard InChI is InChI=1S/C15H11NO3/c17-10-4-2-1-3-9(10)16-13(18)12-7-5-6-8-11(7)15(8,12)14(16)19/h1-8,11-12,17H. The predicted molar refractivity (Wildman–Crippen MR) is 66.1 cm³/mol. The molecule has 0 aromatic heterocycles. The summed E-state index contributed by atoms with van der Waals surface area (Å²) in [7, 11) is 0. The largest absolute Gasteiger partial charge is 0.506 e. The van der Waals surface area contributed by atoms with Crippen LogP contribution in [-0.2, 0) is 9.59 Å². The number of hydrogen-bond donors (Lipinski definition) is 1. The van der Waals surface area contributed by atoms with Crippen molar-refractivity contribution in [3.8, 4) is 5.75 Å². The van der Waals surface area contributed by atoms with E-state index in [0.717, 1.165) is 0 Å². The SMILES string of the molecule is O=C1C2C3C=CC4C3C42C(=O)N1c1ccccc1O. The molecule has 5 atom stereocenters. The van der Waals surface area contributed by atoms with Crippen LogP contribution in [0.1, 0.15) is 0 Å². The molecule has 5 rings (SSSR count). The van der Waals surface area contributed by atoms with Crippen molar-refractivity contribution < 1.29 is 14.7 Å². The molecular formula is C15H11NO3. The number of carbonyl (C=O) groups excluding carboxylic acids is 2. The van der Waals surface area contributed by atoms with E-state index < -0.39 is 5.41 Å². The van der Waals surface area contributed by atoms with Gasteiger partial charge < -0.3 is 5.11 Å². The number of amides is 2. The average molecular weight is 253 g/mol. The average Bonchev–Trinajstić information content (AvgIpc) is 2.65. The lowest BCUT2D eigenvalue weighted by Crippen LogP contribution is -2.40. The number of rotatable bonds is 1. The van der Waals surface area contributed by atoms with Crippen LogP contribution in [0.2, 0.25) is 0 Å². The molecule has 1 N–H and O–H groups in total. The summed E-state index contributed by atoms with van der Waals surface area (Å²) in [5.41, 5.74) is -0.120. The molecule has 1 aromatic rings. The smallest absolute Gasteiger partial charge is 0.241 e. The lowest BCUT2D eigenvalue weighted by atomic mass is 9.65. The number of anilines is 1. The Hall–Kier alpha value is -2.10. The Morgan fingerprint density at radius 3 is 2.63 bits per heavy atom. The van der Waals surface area contributed by atoms with Crippen LogP contribution >= 0.6 is 0 Å². The zero-order chi connectivity index (χ0) is 12.9. The van der Waals surface area contributed by atoms with Crippen molar-refractivity contribution in [3.05, 3.63) is 36.4 Å². The molecule has 0 bridgehead atoms. The van der Waals surface area contributed by atoms with Gasteiger partial charge in [-0.1, -0.05) is 24.3 Å². The fraction of sp³-hybridized carbons (Fsp3) is 0.333. The van der Waals surface area contributed by atoms with Crippen molar-refractivity contribution in [3.63, 3.8) is 0 Å². The number of phenolic OH excluding ortho intramolecular Hbond substituents is 1. The van der Waals surface area contributed by atoms with E-state index in [9.17, 15) is 14.7 Å². The van der Waals surface area contributed by atoms with Gasteiger partial charge in [-0.15, -0.1) is 0 Å². The molecule has 3 aliphatic carbocycles. The molecule has 4 nitrogen and oxygen atoms in total. The molecule has 1 saturated heterocycles. The molecule has 2 amide bonds. The van der Waals surface area contributed by atoms with Crippen molar-refractivity contribution in [1.82, 2.24) is 0 Å². The maximum atomic E-state index is 12.6. The van der Waals surface area contributed by atoms with E-state index in [0.29, 0.717) is 11.6 Å². The van der Waals surface area contributed by atoms with Crippen LogP contribution in [-0.4, -0.2) is 16.9 Å². The van der Waals surface area contributed by atoms with Crippen molar-refractivity contribution in [2.75, 3.05) is 4.90 Å². The minimum absolute atomic E-state index is 0.0144. The molecule has 4 aliphatic rings. The van der Waals surface area contributed by atoms with Crippen LogP contribution in [0.3, 0.4) is 0 Å². The monoisotopic (exact) mass is 253 g/mol. The summed E-state index contributed by atoms with van der Waals surface area (Å²) in [5.74, 6) is 0.412. The third-order valence-electron chi connectivity index (χ3n) is 5.42. The fourth-order valence-corrected chi connectivity index (χ4v) is 4.70. The fourth-order valence-electron chi connectivity index (χ4n) is 4.70. The molecule has 3 fully saturated rings. The van der Waals surface area contributed by atoms with Gasteiger partial charge in [0, 0.05) is 0 Å². The van der Waals surface area contributed by atoms with Gasteiger partial charge in [0.15, 0.2) is 0 Å². The lowest BCUT2D eigenvalue weighted by Gasteiger charge is -2.33. The van der Waals surface area contributed by atoms with Crippen LogP contribution in [0, 0.1) is 29.1 Å². The van der Waals surface area contributed by atoms with Gasteiger partial charge in [0.05, 0.1) is 17.0 Å². The van der Waals surface area contributed by atoms with Gasteiger partial charge in [-0.05, 0) is 29.9 Å². The summed E-state index contributed by atoms with van der Waals surface area (Å²) in [6.07, 6.45) is 4.17. The Morgan fingerprint density at radius 2 is 1.95 bits per heavy atom. The number of phenols is 1. The van der Waals surface area contributed by atoms with Crippen LogP contribution in [0.15, 0.2) is 36.4 Å². The molecule has 2 saturated carbocycles. The van der Waals surface area contributed by atoms with E-state index in [1.165, 1.54) is 11.0 Å². The van der Waals surface area contributed by atoms with E-state index in [2.05, 4.69) is 12.2 Å². The summed E-state index contributed by atoms with van der Waals surface area (Å²) in [6.45, 7) is 0. The highest BCUT2D eigenvalue weighted by Gasteiger charge is 2.90. The molecule has 1 heterocycles. The zero-order valence-electron chi connectivity index (χ0n) is 9.98. The van der Waals surface area contributed by atoms with Crippen molar-refractivity contribution in [2.24, 2.45) is 29.1 Å². The molecule has 19 heavy (non-hydrogen) atoms. The van der Waals surface area contributed by atoms with Crippen LogP contribution in [0.5, 0.6) is 5.75 Å². The third-order valence-corrected chi connectivity index (χ3v) is 5.42. The number of carbonyl (C=O) groups is 2. The van der Waals surface area contributed by atoms with Gasteiger partial charge in [0.2, 0.25) is 11.8 Å². The summed E-state index contributed by atoms with van der Waals surface area (Å²) in [6, 6.07) is 6.54. The van der Waals surface area contributed by atoms with E-state index in [1.54, 1.807) is 18.2 Å². The zero-order valence-corrected chi connectivity index (χ0v) is 9.98. The highest BCUT2D eigenvalue weighted by molar-refractivity contribution is 6.27. The van der Waals surface area contributed by atoms with Crippen molar-refractivity contribution in [2.45, 2.75) is 0 Å². The second-order valence-corrected chi connectivity index (χ2v) is 5.89. The summed E-state index contributed by atoms with van der Waals surface area (Å²) >= 11 is 0. The number of hydrogen-bond acceptors (Lipinski definition) is 3. The van der Waals surface area contributed by atoms with Gasteiger partial charge in [-0.2, -0.15) is 0 Å². The highest BCUT2D eigenvalue weighted by atomic mass is 16.3. The number of imide groups is 1. The molecule has 94 valence electrons. The van der Waals surface area contributed by atoms with Crippen LogP contribution in [0.4, 0.5) is 5.69 Å². The predicted octanol–water partition coefficient (Wildman–Crippen LogP) is 1.31. The number of para-hydroxylation sites is 2. The summed E-state index contributed by atoms with van der Waals surface area (Å²) in [4.78, 5) is 26.4. The number of fused-ring (bicyclic) bond motifs is 1. The van der Waals surface area contributed by atoms with Crippen molar-refractivity contribution in [1.29, 1.82) is 0 Å². The molecule has 1 aliphatic heterocycles. The van der Waals surface area contributed by atoms with E-state index in [-0.39, 0.29) is 35.3 Å². The first kappa shape index (κ1) is 9.78. The Labute approximate surface area is 109 Å². The minimum Gasteiger partial charge on any atom is -0.506 e. The topological polar surface area (TPSA) is 57.6 Å². The van der Waals surface area contributed by atoms with E-state index >= 15 is 0 Å². The van der Waals surface area contributed by atoms with Crippen LogP contribution < -0.4 is 4.90 Å². The summed E-state index contributed by atoms with van der Waals surface area (Å²) < 4.78 is 0. The van der Waals surface area contributed by atoms with Gasteiger partial charge in [0.25, 0.3) is 0 Å². The third kappa shape index (κ3) is 0.752. The Kier molecular flexibility index (Phi) is 1.33. The Bertz CT molecular complexity index is 686. The molecule has 4 heteroatoms. The number of nitrogens with zero attached hydrogens (tertiary/aromatic N) is 1. The maximum absolute atomic E-state index is 12.6. The first-order valence-corrected chi connectivity index (χ1v) is 6.53. The molecule has 0 radical (unpaired) electrons. The van der Waals surface area contributed by atoms with Crippen molar-refractivity contribution >= 4 is 17.5 Å². The van der Waals surface area contributed by atoms with E-state index in [1.807, 2.05) is 0 Å². The summed E-state index contributed by atoms with van der Waals surface area (Å²) in [5, 5.41) is 9.88. The molecule has 1 aromatic carbocycles. The van der Waals surface area contributed by atoms with Gasteiger partial charge in [-0.25, -0.2) is 4.90 Å². The van der Waals surface area contributed by atoms with Gasteiger partial charge in [-0.3, -0.25) is 9.59 Å². The second kappa shape index (κ2) is 2.59.